The molecule has 36 heavy (non-hydrogen) atoms. The molecule has 1 atom stereocenters. The highest BCUT2D eigenvalue weighted by Crippen LogP contribution is 2.39. The summed E-state index contributed by atoms with van der Waals surface area (Å²) in [6, 6.07) is 8.15. The lowest BCUT2D eigenvalue weighted by atomic mass is 9.97. The van der Waals surface area contributed by atoms with E-state index in [0.29, 0.717) is 18.1 Å². The van der Waals surface area contributed by atoms with Crippen LogP contribution in [0.1, 0.15) is 55.6 Å². The average Bonchev–Trinajstić information content (AvgIpc) is 3.83. The van der Waals surface area contributed by atoms with Gasteiger partial charge < -0.3 is 14.5 Å². The molecule has 188 valence electrons. The van der Waals surface area contributed by atoms with Gasteiger partial charge in [0.1, 0.15) is 5.65 Å². The van der Waals surface area contributed by atoms with E-state index in [4.69, 9.17) is 4.74 Å². The lowest BCUT2D eigenvalue weighted by molar-refractivity contribution is -0.105. The van der Waals surface area contributed by atoms with Gasteiger partial charge in [-0.2, -0.15) is 5.10 Å². The van der Waals surface area contributed by atoms with Gasteiger partial charge in [0, 0.05) is 44.4 Å². The van der Waals surface area contributed by atoms with Gasteiger partial charge in [-0.3, -0.25) is 14.5 Å². The summed E-state index contributed by atoms with van der Waals surface area (Å²) in [5.74, 6) is 1.95. The van der Waals surface area contributed by atoms with Crippen molar-refractivity contribution in [3.8, 4) is 11.3 Å². The summed E-state index contributed by atoms with van der Waals surface area (Å²) in [5.41, 5.74) is 5.63. The third-order valence-corrected chi connectivity index (χ3v) is 6.57. The molecule has 1 N–H and O–H groups in total. The van der Waals surface area contributed by atoms with E-state index in [2.05, 4.69) is 26.4 Å². The molecule has 1 saturated heterocycles. The van der Waals surface area contributed by atoms with Crippen LogP contribution in [0.5, 0.6) is 0 Å². The molecule has 8 nitrogen and oxygen atoms in total. The molecule has 2 aliphatic carbocycles. The minimum Gasteiger partial charge on any atom is -0.381 e. The molecule has 1 amide bonds. The highest BCUT2D eigenvalue weighted by Gasteiger charge is 2.23. The molecule has 3 fully saturated rings. The number of fused-ring (bicyclic) bond motifs is 1. The Labute approximate surface area is 211 Å². The first kappa shape index (κ1) is 24.2. The van der Waals surface area contributed by atoms with Gasteiger partial charge in [-0.15, -0.1) is 0 Å². The number of anilines is 1. The van der Waals surface area contributed by atoms with Crippen molar-refractivity contribution < 1.29 is 9.53 Å². The fourth-order valence-electron chi connectivity index (χ4n) is 4.36. The number of aryl methyl sites for hydroxylation is 1. The molecular formula is C28H34N6O2. The van der Waals surface area contributed by atoms with Crippen LogP contribution in [0.25, 0.3) is 16.9 Å². The van der Waals surface area contributed by atoms with Crippen molar-refractivity contribution >= 4 is 17.9 Å². The van der Waals surface area contributed by atoms with Gasteiger partial charge in [-0.1, -0.05) is 25.3 Å². The van der Waals surface area contributed by atoms with Crippen molar-refractivity contribution in [3.63, 3.8) is 0 Å². The third-order valence-electron chi connectivity index (χ3n) is 6.57. The van der Waals surface area contributed by atoms with Crippen LogP contribution in [-0.4, -0.2) is 43.8 Å². The number of hydrogen-bond acceptors (Lipinski definition) is 5. The highest BCUT2D eigenvalue weighted by molar-refractivity contribution is 5.71. The topological polar surface area (TPSA) is 86.3 Å². The molecule has 1 unspecified atom stereocenters. The number of aromatic nitrogens is 5. The number of rotatable bonds is 6. The third kappa shape index (κ3) is 6.37. The Bertz CT molecular complexity index is 1270. The second-order valence-corrected chi connectivity index (χ2v) is 9.77. The number of imidazole rings is 1. The second kappa shape index (κ2) is 11.5. The Morgan fingerprint density at radius 3 is 2.64 bits per heavy atom. The zero-order valence-corrected chi connectivity index (χ0v) is 20.8. The summed E-state index contributed by atoms with van der Waals surface area (Å²) in [7, 11) is 1.96. The van der Waals surface area contributed by atoms with Crippen molar-refractivity contribution in [1.29, 1.82) is 0 Å². The number of hydrogen-bond donors (Lipinski definition) is 1. The predicted octanol–water partition coefficient (Wildman–Crippen LogP) is 5.01. The van der Waals surface area contributed by atoms with Crippen molar-refractivity contribution in [2.75, 3.05) is 18.5 Å². The summed E-state index contributed by atoms with van der Waals surface area (Å²) in [5, 5.41) is 7.02. The summed E-state index contributed by atoms with van der Waals surface area (Å²) in [4.78, 5) is 19.0. The quantitative estimate of drug-likeness (QED) is 0.387. The number of carbonyl (C=O) groups excluding carboxylic acids is 1. The Balaban J connectivity index is 0.000000181. The maximum atomic E-state index is 10.6. The standard InChI is InChI=1S/C17H19N5O2.C8H9N.C3H6/c1-21-17(14(7-19-21)6-12-4-5-24-10-12)13-2-3-16-20-15(18-11-23)9-22(16)8-13;1-2-8(6-9-5-1)7-3-4-7;1-2-3-1/h2-3,7-9,11-12H,4-6,10H2,1H3,(H,18,23);1-2,5-7H,3-4H2;1-3H2. The van der Waals surface area contributed by atoms with Gasteiger partial charge >= 0.3 is 0 Å². The lowest BCUT2D eigenvalue weighted by Crippen LogP contribution is -2.05. The molecule has 0 bridgehead atoms. The number of pyridine rings is 2. The van der Waals surface area contributed by atoms with Crippen LogP contribution in [0.4, 0.5) is 5.82 Å². The summed E-state index contributed by atoms with van der Waals surface area (Å²) in [6.07, 6.45) is 19.5. The molecule has 5 heterocycles. The van der Waals surface area contributed by atoms with E-state index in [9.17, 15) is 4.79 Å². The molecule has 0 spiro atoms. The molecule has 0 radical (unpaired) electrons. The van der Waals surface area contributed by atoms with Crippen molar-refractivity contribution in [1.82, 2.24) is 24.1 Å². The molecule has 8 heteroatoms. The number of nitrogens with one attached hydrogen (secondary N) is 1. The van der Waals surface area contributed by atoms with Crippen LogP contribution in [0.2, 0.25) is 0 Å². The Morgan fingerprint density at radius 1 is 1.11 bits per heavy atom. The minimum atomic E-state index is 0.537. The molecule has 0 aromatic carbocycles. The zero-order chi connectivity index (χ0) is 24.7. The molecule has 2 saturated carbocycles. The van der Waals surface area contributed by atoms with Gasteiger partial charge in [0.05, 0.1) is 18.1 Å². The van der Waals surface area contributed by atoms with E-state index in [-0.39, 0.29) is 0 Å². The minimum absolute atomic E-state index is 0.537. The van der Waals surface area contributed by atoms with Gasteiger partial charge in [0.15, 0.2) is 5.82 Å². The van der Waals surface area contributed by atoms with Crippen LogP contribution >= 0.6 is 0 Å². The predicted molar refractivity (Wildman–Crippen MR) is 140 cm³/mol. The molecular weight excluding hydrogens is 452 g/mol. The van der Waals surface area contributed by atoms with E-state index in [1.807, 2.05) is 59.1 Å². The second-order valence-electron chi connectivity index (χ2n) is 9.77. The molecule has 7 rings (SSSR count). The lowest BCUT2D eigenvalue weighted by Gasteiger charge is -2.10. The van der Waals surface area contributed by atoms with Crippen LogP contribution in [-0.2, 0) is 23.0 Å². The van der Waals surface area contributed by atoms with Crippen LogP contribution in [0.3, 0.4) is 0 Å². The fraction of sp³-hybridized carbons (Fsp3) is 0.429. The molecule has 1 aliphatic heterocycles. The first-order chi connectivity index (χ1) is 17.7. The average molecular weight is 487 g/mol. The van der Waals surface area contributed by atoms with E-state index < -0.39 is 0 Å². The normalized spacial score (nSPS) is 18.1. The van der Waals surface area contributed by atoms with E-state index in [1.54, 1.807) is 6.20 Å². The smallest absolute Gasteiger partial charge is 0.212 e. The van der Waals surface area contributed by atoms with E-state index in [0.717, 1.165) is 48.9 Å². The van der Waals surface area contributed by atoms with Gasteiger partial charge in [-0.25, -0.2) is 4.98 Å². The van der Waals surface area contributed by atoms with Gasteiger partial charge in [0.2, 0.25) is 6.41 Å². The Kier molecular flexibility index (Phi) is 7.71. The molecule has 4 aromatic rings. The first-order valence-electron chi connectivity index (χ1n) is 12.9. The molecule has 4 aromatic heterocycles. The van der Waals surface area contributed by atoms with Crippen molar-refractivity contribution in [2.24, 2.45) is 13.0 Å². The van der Waals surface area contributed by atoms with E-state index in [1.165, 1.54) is 43.2 Å². The largest absolute Gasteiger partial charge is 0.381 e. The van der Waals surface area contributed by atoms with Crippen LogP contribution < -0.4 is 5.32 Å². The highest BCUT2D eigenvalue weighted by atomic mass is 16.5. The summed E-state index contributed by atoms with van der Waals surface area (Å²) < 4.78 is 9.31. The van der Waals surface area contributed by atoms with Gasteiger partial charge in [-0.05, 0) is 66.8 Å². The monoisotopic (exact) mass is 486 g/mol. The zero-order valence-electron chi connectivity index (χ0n) is 20.8. The van der Waals surface area contributed by atoms with Gasteiger partial charge in [0.25, 0.3) is 0 Å². The Morgan fingerprint density at radius 2 is 1.97 bits per heavy atom. The number of amides is 1. The summed E-state index contributed by atoms with van der Waals surface area (Å²) >= 11 is 0. The first-order valence-corrected chi connectivity index (χ1v) is 12.9. The van der Waals surface area contributed by atoms with Crippen LogP contribution in [0, 0.1) is 5.92 Å². The molecule has 3 aliphatic rings. The maximum absolute atomic E-state index is 10.6. The van der Waals surface area contributed by atoms with Crippen LogP contribution in [0.15, 0.2) is 55.2 Å². The number of ether oxygens (including phenoxy) is 1. The number of carbonyl (C=O) groups is 1. The Hall–Kier alpha value is -3.52. The summed E-state index contributed by atoms with van der Waals surface area (Å²) in [6.45, 7) is 1.68. The van der Waals surface area contributed by atoms with E-state index >= 15 is 0 Å². The number of nitrogens with zero attached hydrogens (tertiary/aromatic N) is 5. The van der Waals surface area contributed by atoms with Crippen molar-refractivity contribution in [3.05, 3.63) is 66.4 Å². The van der Waals surface area contributed by atoms with Crippen molar-refractivity contribution in [2.45, 2.75) is 50.9 Å². The maximum Gasteiger partial charge on any atom is 0.212 e. The fourth-order valence-corrected chi connectivity index (χ4v) is 4.36. The SMILES string of the molecule is C1CC1.Cn1ncc(CC2CCOC2)c1-c1ccc2nc(NC=O)cn2c1.c1cncc(C2CC2)c1.